The molecule has 0 aliphatic heterocycles. The van der Waals surface area contributed by atoms with Crippen LogP contribution in [-0.2, 0) is 4.79 Å². The van der Waals surface area contributed by atoms with E-state index >= 15 is 0 Å². The minimum atomic E-state index is -0.718. The van der Waals surface area contributed by atoms with Crippen molar-refractivity contribution in [3.05, 3.63) is 0 Å². The van der Waals surface area contributed by atoms with Crippen LogP contribution in [0.5, 0.6) is 0 Å². The highest BCUT2D eigenvalue weighted by Crippen LogP contribution is 2.04. The van der Waals surface area contributed by atoms with Gasteiger partial charge in [-0.05, 0) is 6.42 Å². The first-order valence-corrected chi connectivity index (χ1v) is 3.63. The van der Waals surface area contributed by atoms with Crippen LogP contribution in [0, 0.1) is 5.92 Å². The van der Waals surface area contributed by atoms with E-state index in [2.05, 4.69) is 15.9 Å². The molecule has 0 aliphatic carbocycles. The van der Waals surface area contributed by atoms with Gasteiger partial charge in [-0.1, -0.05) is 22.9 Å². The summed E-state index contributed by atoms with van der Waals surface area (Å²) in [5.74, 6) is -0.931. The molecule has 8 heavy (non-hydrogen) atoms. The molecule has 0 saturated heterocycles. The van der Waals surface area contributed by atoms with Crippen LogP contribution in [0.4, 0.5) is 0 Å². The molecule has 0 aromatic rings. The number of carboxylic acid groups (broad SMARTS) is 1. The Morgan fingerprint density at radius 2 is 2.38 bits per heavy atom. The highest BCUT2D eigenvalue weighted by molar-refractivity contribution is 9.09. The summed E-state index contributed by atoms with van der Waals surface area (Å²) >= 11 is 3.10. The monoisotopic (exact) mass is 180 g/mol. The third kappa shape index (κ3) is 2.31. The number of halogens is 1. The van der Waals surface area contributed by atoms with Crippen molar-refractivity contribution in [3.63, 3.8) is 0 Å². The van der Waals surface area contributed by atoms with Crippen LogP contribution in [-0.4, -0.2) is 16.4 Å². The Kier molecular flexibility index (Phi) is 3.87. The lowest BCUT2D eigenvalue weighted by Gasteiger charge is -2.01. The Balaban J connectivity index is 3.52. The number of carboxylic acids is 1. The summed E-state index contributed by atoms with van der Waals surface area (Å²) in [6.45, 7) is 1.86. The van der Waals surface area contributed by atoms with E-state index in [1.165, 1.54) is 0 Å². The maximum Gasteiger partial charge on any atom is 0.307 e. The molecular weight excluding hydrogens is 172 g/mol. The number of aliphatic carboxylic acids is 1. The van der Waals surface area contributed by atoms with Crippen LogP contribution in [0.2, 0.25) is 0 Å². The molecule has 0 aromatic heterocycles. The third-order valence-electron chi connectivity index (χ3n) is 1.03. The molecule has 0 amide bonds. The van der Waals surface area contributed by atoms with Gasteiger partial charge in [-0.2, -0.15) is 0 Å². The fourth-order valence-corrected chi connectivity index (χ4v) is 1.08. The van der Waals surface area contributed by atoms with Gasteiger partial charge in [0.05, 0.1) is 5.92 Å². The molecule has 0 bridgehead atoms. The van der Waals surface area contributed by atoms with Gasteiger partial charge >= 0.3 is 5.97 Å². The second-order valence-electron chi connectivity index (χ2n) is 1.60. The van der Waals surface area contributed by atoms with Gasteiger partial charge in [-0.25, -0.2) is 0 Å². The average molecular weight is 181 g/mol. The highest BCUT2D eigenvalue weighted by Gasteiger charge is 2.11. The normalized spacial score (nSPS) is 13.2. The van der Waals surface area contributed by atoms with Crippen LogP contribution in [0.15, 0.2) is 0 Å². The van der Waals surface area contributed by atoms with Gasteiger partial charge in [0.25, 0.3) is 0 Å². The molecule has 1 unspecified atom stereocenters. The van der Waals surface area contributed by atoms with Crippen molar-refractivity contribution in [2.24, 2.45) is 5.92 Å². The number of alkyl halides is 1. The molecular formula is C5H9BrO2. The van der Waals surface area contributed by atoms with E-state index < -0.39 is 5.97 Å². The zero-order valence-electron chi connectivity index (χ0n) is 4.72. The minimum absolute atomic E-state index is 0.213. The van der Waals surface area contributed by atoms with Gasteiger partial charge in [-0.3, -0.25) is 4.79 Å². The first-order valence-electron chi connectivity index (χ1n) is 2.51. The summed E-state index contributed by atoms with van der Waals surface area (Å²) in [4.78, 5) is 10.1. The van der Waals surface area contributed by atoms with Crippen molar-refractivity contribution >= 4 is 21.9 Å². The van der Waals surface area contributed by atoms with Crippen molar-refractivity contribution < 1.29 is 9.90 Å². The number of hydrogen-bond acceptors (Lipinski definition) is 1. The van der Waals surface area contributed by atoms with Crippen molar-refractivity contribution in [1.29, 1.82) is 0 Å². The number of hydrogen-bond donors (Lipinski definition) is 1. The molecule has 0 fully saturated rings. The summed E-state index contributed by atoms with van der Waals surface area (Å²) < 4.78 is 0. The van der Waals surface area contributed by atoms with Crippen LogP contribution in [0.25, 0.3) is 0 Å². The minimum Gasteiger partial charge on any atom is -0.481 e. The van der Waals surface area contributed by atoms with Gasteiger partial charge in [0, 0.05) is 5.33 Å². The van der Waals surface area contributed by atoms with Gasteiger partial charge in [0.2, 0.25) is 0 Å². The molecule has 1 N–H and O–H groups in total. The molecule has 3 heteroatoms. The Hall–Kier alpha value is -0.0500. The summed E-state index contributed by atoms with van der Waals surface area (Å²) in [7, 11) is 0. The average Bonchev–Trinajstić information content (AvgIpc) is 1.69. The fraction of sp³-hybridized carbons (Fsp3) is 0.800. The van der Waals surface area contributed by atoms with E-state index in [0.717, 1.165) is 0 Å². The lowest BCUT2D eigenvalue weighted by molar-refractivity contribution is -0.140. The van der Waals surface area contributed by atoms with Gasteiger partial charge in [0.1, 0.15) is 0 Å². The smallest absolute Gasteiger partial charge is 0.307 e. The maximum atomic E-state index is 10.1. The van der Waals surface area contributed by atoms with Crippen LogP contribution in [0.3, 0.4) is 0 Å². The third-order valence-corrected chi connectivity index (χ3v) is 1.81. The lowest BCUT2D eigenvalue weighted by Crippen LogP contribution is -2.13. The van der Waals surface area contributed by atoms with Crippen LogP contribution in [0.1, 0.15) is 13.3 Å². The van der Waals surface area contributed by atoms with Crippen molar-refractivity contribution in [2.45, 2.75) is 13.3 Å². The Morgan fingerprint density at radius 3 is 2.38 bits per heavy atom. The van der Waals surface area contributed by atoms with Gasteiger partial charge < -0.3 is 5.11 Å². The molecule has 0 aromatic carbocycles. The van der Waals surface area contributed by atoms with Crippen LogP contribution < -0.4 is 0 Å². The molecule has 0 heterocycles. The molecule has 0 rings (SSSR count). The SMILES string of the molecule is CCC(CBr)C(=O)O. The highest BCUT2D eigenvalue weighted by atomic mass is 79.9. The standard InChI is InChI=1S/C5H9BrO2/c1-2-4(3-6)5(7)8/h4H,2-3H2,1H3,(H,7,8). The predicted octanol–water partition coefficient (Wildman–Crippen LogP) is 1.49. The molecule has 0 radical (unpaired) electrons. The Labute approximate surface area is 57.0 Å². The molecule has 0 aliphatic rings. The maximum absolute atomic E-state index is 10.1. The summed E-state index contributed by atoms with van der Waals surface area (Å²) in [5.41, 5.74) is 0. The molecule has 1 atom stereocenters. The Bertz CT molecular complexity index is 78.5. The molecule has 48 valence electrons. The molecule has 0 spiro atoms. The van der Waals surface area contributed by atoms with Gasteiger partial charge in [0.15, 0.2) is 0 Å². The number of carbonyl (C=O) groups is 1. The quantitative estimate of drug-likeness (QED) is 0.669. The molecule has 2 nitrogen and oxygen atoms in total. The van der Waals surface area contributed by atoms with E-state index in [9.17, 15) is 4.79 Å². The predicted molar refractivity (Wildman–Crippen MR) is 35.2 cm³/mol. The van der Waals surface area contributed by atoms with E-state index in [1.807, 2.05) is 6.92 Å². The van der Waals surface area contributed by atoms with Crippen molar-refractivity contribution in [3.8, 4) is 0 Å². The zero-order valence-corrected chi connectivity index (χ0v) is 6.31. The van der Waals surface area contributed by atoms with Crippen LogP contribution >= 0.6 is 15.9 Å². The van der Waals surface area contributed by atoms with E-state index in [1.54, 1.807) is 0 Å². The van der Waals surface area contributed by atoms with Crippen molar-refractivity contribution in [2.75, 3.05) is 5.33 Å². The van der Waals surface area contributed by atoms with E-state index in [0.29, 0.717) is 11.8 Å². The lowest BCUT2D eigenvalue weighted by atomic mass is 10.1. The fourth-order valence-electron chi connectivity index (χ4n) is 0.350. The first kappa shape index (κ1) is 7.95. The van der Waals surface area contributed by atoms with Gasteiger partial charge in [-0.15, -0.1) is 0 Å². The summed E-state index contributed by atoms with van der Waals surface area (Å²) in [6.07, 6.45) is 0.695. The summed E-state index contributed by atoms with van der Waals surface area (Å²) in [5, 5.41) is 8.90. The topological polar surface area (TPSA) is 37.3 Å². The van der Waals surface area contributed by atoms with E-state index in [4.69, 9.17) is 5.11 Å². The van der Waals surface area contributed by atoms with E-state index in [-0.39, 0.29) is 5.92 Å². The zero-order chi connectivity index (χ0) is 6.57. The molecule has 0 saturated carbocycles. The second-order valence-corrected chi connectivity index (χ2v) is 2.25. The number of rotatable bonds is 3. The largest absolute Gasteiger partial charge is 0.481 e. The van der Waals surface area contributed by atoms with Crippen molar-refractivity contribution in [1.82, 2.24) is 0 Å². The second kappa shape index (κ2) is 3.89. The summed E-state index contributed by atoms with van der Waals surface area (Å²) in [6, 6.07) is 0. The Morgan fingerprint density at radius 1 is 1.88 bits per heavy atom. The first-order chi connectivity index (χ1) is 3.72.